The van der Waals surface area contributed by atoms with Crippen LogP contribution in [-0.4, -0.2) is 43.6 Å². The summed E-state index contributed by atoms with van der Waals surface area (Å²) in [5, 5.41) is 7.25. The minimum Gasteiger partial charge on any atom is -0.345 e. The molecular formula is C21H22FN7O. The van der Waals surface area contributed by atoms with Gasteiger partial charge in [0.15, 0.2) is 5.82 Å². The van der Waals surface area contributed by atoms with Crippen molar-refractivity contribution in [3.63, 3.8) is 0 Å². The number of aromatic nitrogens is 5. The molecule has 3 N–H and O–H groups in total. The zero-order chi connectivity index (χ0) is 20.7. The standard InChI is InChI=1S/C21H22FN7O/c1-23-21(30)27-14-3-2-4-15(8-14)29-6-5-12-9-24-19(28-20(12)29)17-11-26-18-16(17)7-13(22)10-25-18/h5-7,9-11,14-15H,2-4,8H2,1H3,(H,25,26)(H2,23,27,30)/t14-,15-/m1/s1. The fourth-order valence-electron chi connectivity index (χ4n) is 4.33. The molecule has 4 aromatic heterocycles. The molecule has 9 heteroatoms. The van der Waals surface area contributed by atoms with Crippen molar-refractivity contribution in [2.24, 2.45) is 0 Å². The highest BCUT2D eigenvalue weighted by Gasteiger charge is 2.25. The monoisotopic (exact) mass is 407 g/mol. The molecule has 0 aliphatic heterocycles. The molecule has 0 spiro atoms. The summed E-state index contributed by atoms with van der Waals surface area (Å²) in [5.41, 5.74) is 2.15. The third-order valence-corrected chi connectivity index (χ3v) is 5.80. The maximum Gasteiger partial charge on any atom is 0.314 e. The van der Waals surface area contributed by atoms with Gasteiger partial charge in [0, 0.05) is 54.1 Å². The van der Waals surface area contributed by atoms with Crippen molar-refractivity contribution in [2.75, 3.05) is 7.05 Å². The van der Waals surface area contributed by atoms with E-state index >= 15 is 0 Å². The maximum absolute atomic E-state index is 13.7. The van der Waals surface area contributed by atoms with Gasteiger partial charge in [-0.25, -0.2) is 24.1 Å². The van der Waals surface area contributed by atoms with E-state index in [1.54, 1.807) is 19.4 Å². The molecule has 2 atom stereocenters. The van der Waals surface area contributed by atoms with Crippen LogP contribution in [0.25, 0.3) is 33.5 Å². The molecule has 1 aliphatic carbocycles. The van der Waals surface area contributed by atoms with E-state index in [1.165, 1.54) is 12.3 Å². The predicted octanol–water partition coefficient (Wildman–Crippen LogP) is 3.53. The Morgan fingerprint density at radius 3 is 3.07 bits per heavy atom. The summed E-state index contributed by atoms with van der Waals surface area (Å²) in [6, 6.07) is 3.67. The van der Waals surface area contributed by atoms with Gasteiger partial charge in [-0.3, -0.25) is 0 Å². The van der Waals surface area contributed by atoms with Gasteiger partial charge in [-0.05, 0) is 37.8 Å². The van der Waals surface area contributed by atoms with Crippen molar-refractivity contribution < 1.29 is 9.18 Å². The molecule has 0 aromatic carbocycles. The summed E-state index contributed by atoms with van der Waals surface area (Å²) < 4.78 is 15.9. The lowest BCUT2D eigenvalue weighted by atomic mass is 9.91. The molecular weight excluding hydrogens is 385 g/mol. The Labute approximate surface area is 171 Å². The van der Waals surface area contributed by atoms with Crippen LogP contribution in [0.5, 0.6) is 0 Å². The molecule has 1 saturated carbocycles. The third-order valence-electron chi connectivity index (χ3n) is 5.80. The van der Waals surface area contributed by atoms with Gasteiger partial charge >= 0.3 is 6.03 Å². The van der Waals surface area contributed by atoms with Gasteiger partial charge in [-0.1, -0.05) is 0 Å². The van der Waals surface area contributed by atoms with Gasteiger partial charge in [0.1, 0.15) is 17.1 Å². The lowest BCUT2D eigenvalue weighted by Crippen LogP contribution is -2.43. The minimum absolute atomic E-state index is 0.130. The number of hydrogen-bond donors (Lipinski definition) is 3. The van der Waals surface area contributed by atoms with Crippen molar-refractivity contribution in [2.45, 2.75) is 37.8 Å². The number of pyridine rings is 1. The van der Waals surface area contributed by atoms with Crippen molar-refractivity contribution in [3.05, 3.63) is 42.7 Å². The Balaban J connectivity index is 1.50. The molecule has 30 heavy (non-hydrogen) atoms. The van der Waals surface area contributed by atoms with Crippen LogP contribution < -0.4 is 10.6 Å². The fourth-order valence-corrected chi connectivity index (χ4v) is 4.33. The second-order valence-electron chi connectivity index (χ2n) is 7.69. The Hall–Kier alpha value is -3.49. The van der Waals surface area contributed by atoms with Gasteiger partial charge in [-0.15, -0.1) is 0 Å². The number of rotatable bonds is 3. The van der Waals surface area contributed by atoms with Gasteiger partial charge in [-0.2, -0.15) is 0 Å². The fraction of sp³-hybridized carbons (Fsp3) is 0.333. The summed E-state index contributed by atoms with van der Waals surface area (Å²) in [6.07, 6.45) is 10.6. The van der Waals surface area contributed by atoms with Crippen LogP contribution in [0.2, 0.25) is 0 Å². The number of urea groups is 1. The van der Waals surface area contributed by atoms with Gasteiger partial charge in [0.05, 0.1) is 6.20 Å². The van der Waals surface area contributed by atoms with E-state index < -0.39 is 5.82 Å². The van der Waals surface area contributed by atoms with E-state index in [0.717, 1.165) is 42.3 Å². The molecule has 2 amide bonds. The third kappa shape index (κ3) is 3.26. The van der Waals surface area contributed by atoms with Gasteiger partial charge < -0.3 is 20.2 Å². The molecule has 4 aromatic rings. The highest BCUT2D eigenvalue weighted by molar-refractivity contribution is 5.92. The molecule has 5 rings (SSSR count). The van der Waals surface area contributed by atoms with E-state index in [9.17, 15) is 9.18 Å². The normalized spacial score (nSPS) is 19.3. The van der Waals surface area contributed by atoms with Crippen LogP contribution in [0.1, 0.15) is 31.7 Å². The van der Waals surface area contributed by atoms with Crippen molar-refractivity contribution in [1.29, 1.82) is 0 Å². The number of hydrogen-bond acceptors (Lipinski definition) is 4. The minimum atomic E-state index is -0.398. The van der Waals surface area contributed by atoms with Crippen LogP contribution >= 0.6 is 0 Å². The van der Waals surface area contributed by atoms with Crippen molar-refractivity contribution >= 4 is 28.1 Å². The number of aromatic amines is 1. The number of nitrogens with one attached hydrogen (secondary N) is 3. The van der Waals surface area contributed by atoms with Crippen LogP contribution in [0, 0.1) is 5.82 Å². The number of fused-ring (bicyclic) bond motifs is 2. The topological polar surface area (TPSA) is 101 Å². The highest BCUT2D eigenvalue weighted by Crippen LogP contribution is 2.32. The first-order valence-corrected chi connectivity index (χ1v) is 10.1. The average Bonchev–Trinajstić information content (AvgIpc) is 3.37. The second-order valence-corrected chi connectivity index (χ2v) is 7.69. The first kappa shape index (κ1) is 18.5. The number of nitrogens with zero attached hydrogens (tertiary/aromatic N) is 4. The Morgan fingerprint density at radius 2 is 2.20 bits per heavy atom. The van der Waals surface area contributed by atoms with Gasteiger partial charge in [0.2, 0.25) is 0 Å². The first-order chi connectivity index (χ1) is 14.6. The number of carbonyl (C=O) groups excluding carboxylic acids is 1. The quantitative estimate of drug-likeness (QED) is 0.484. The number of halogens is 1. The molecule has 4 heterocycles. The predicted molar refractivity (Wildman–Crippen MR) is 111 cm³/mol. The SMILES string of the molecule is CNC(=O)N[C@@H]1CCC[C@@H](n2ccc3cnc(-c4c[nH]c5ncc(F)cc45)nc32)C1. The maximum atomic E-state index is 13.7. The lowest BCUT2D eigenvalue weighted by molar-refractivity contribution is 0.228. The Bertz CT molecular complexity index is 1230. The molecule has 1 aliphatic rings. The summed E-state index contributed by atoms with van der Waals surface area (Å²) in [4.78, 5) is 28.1. The van der Waals surface area contributed by atoms with E-state index in [0.29, 0.717) is 16.9 Å². The number of carbonyl (C=O) groups is 1. The average molecular weight is 407 g/mol. The van der Waals surface area contributed by atoms with E-state index in [4.69, 9.17) is 4.98 Å². The highest BCUT2D eigenvalue weighted by atomic mass is 19.1. The Morgan fingerprint density at radius 1 is 1.30 bits per heavy atom. The first-order valence-electron chi connectivity index (χ1n) is 10.1. The number of amides is 2. The largest absolute Gasteiger partial charge is 0.345 e. The molecule has 154 valence electrons. The Kier molecular flexibility index (Phi) is 4.57. The summed E-state index contributed by atoms with van der Waals surface area (Å²) >= 11 is 0. The molecule has 1 fully saturated rings. The van der Waals surface area contributed by atoms with E-state index in [1.807, 2.05) is 12.3 Å². The van der Waals surface area contributed by atoms with Crippen LogP contribution in [0.3, 0.4) is 0 Å². The molecule has 0 unspecified atom stereocenters. The zero-order valence-corrected chi connectivity index (χ0v) is 16.5. The van der Waals surface area contributed by atoms with E-state index in [2.05, 4.69) is 30.2 Å². The summed E-state index contributed by atoms with van der Waals surface area (Å²) in [7, 11) is 1.62. The smallest absolute Gasteiger partial charge is 0.314 e. The molecule has 0 radical (unpaired) electrons. The van der Waals surface area contributed by atoms with Crippen molar-refractivity contribution in [3.8, 4) is 11.4 Å². The zero-order valence-electron chi connectivity index (χ0n) is 16.5. The van der Waals surface area contributed by atoms with Gasteiger partial charge in [0.25, 0.3) is 0 Å². The number of H-pyrrole nitrogens is 1. The molecule has 8 nitrogen and oxygen atoms in total. The van der Waals surface area contributed by atoms with E-state index in [-0.39, 0.29) is 18.1 Å². The molecule has 0 saturated heterocycles. The molecule has 0 bridgehead atoms. The second kappa shape index (κ2) is 7.40. The van der Waals surface area contributed by atoms with Crippen LogP contribution in [0.15, 0.2) is 36.9 Å². The van der Waals surface area contributed by atoms with Crippen molar-refractivity contribution in [1.82, 2.24) is 35.1 Å². The summed E-state index contributed by atoms with van der Waals surface area (Å²) in [5.74, 6) is 0.126. The summed E-state index contributed by atoms with van der Waals surface area (Å²) in [6.45, 7) is 0. The lowest BCUT2D eigenvalue weighted by Gasteiger charge is -2.31. The van der Waals surface area contributed by atoms with Crippen LogP contribution in [0.4, 0.5) is 9.18 Å². The van der Waals surface area contributed by atoms with Crippen LogP contribution in [-0.2, 0) is 0 Å².